The molecule has 0 radical (unpaired) electrons. The van der Waals surface area contributed by atoms with Crippen LogP contribution in [0.1, 0.15) is 12.8 Å². The fourth-order valence-corrected chi connectivity index (χ4v) is 2.71. The van der Waals surface area contributed by atoms with Gasteiger partial charge in [-0.25, -0.2) is 9.99 Å². The van der Waals surface area contributed by atoms with Crippen LogP contribution in [-0.4, -0.2) is 77.7 Å². The molecule has 1 fully saturated rings. The Kier molecular flexibility index (Phi) is 4.59. The second-order valence-corrected chi connectivity index (χ2v) is 5.64. The van der Waals surface area contributed by atoms with Gasteiger partial charge in [0.15, 0.2) is 0 Å². The topological polar surface area (TPSA) is 91.2 Å². The smallest absolute Gasteiger partial charge is 0.270 e. The first-order chi connectivity index (χ1) is 11.6. The number of carbonyl (C=O) groups excluding carboxylic acids is 2. The van der Waals surface area contributed by atoms with E-state index in [1.54, 1.807) is 31.3 Å². The maximum atomic E-state index is 12.5. The van der Waals surface area contributed by atoms with Crippen molar-refractivity contribution in [2.45, 2.75) is 12.8 Å². The van der Waals surface area contributed by atoms with Crippen molar-refractivity contribution in [1.29, 1.82) is 0 Å². The van der Waals surface area contributed by atoms with Crippen molar-refractivity contribution in [3.05, 3.63) is 12.3 Å². The molecule has 0 spiro atoms. The highest BCUT2D eigenvalue weighted by atomic mass is 16.5. The molecule has 1 saturated heterocycles. The van der Waals surface area contributed by atoms with Gasteiger partial charge in [0.25, 0.3) is 5.91 Å². The lowest BCUT2D eigenvalue weighted by atomic mass is 10.1. The lowest BCUT2D eigenvalue weighted by Gasteiger charge is -2.35. The summed E-state index contributed by atoms with van der Waals surface area (Å²) >= 11 is 0. The molecule has 0 unspecified atom stereocenters. The first kappa shape index (κ1) is 16.2. The summed E-state index contributed by atoms with van der Waals surface area (Å²) in [5.41, 5.74) is 0.447. The summed E-state index contributed by atoms with van der Waals surface area (Å²) in [5.74, 6) is 0.955. The van der Waals surface area contributed by atoms with Crippen molar-refractivity contribution in [2.75, 3.05) is 45.2 Å². The number of amides is 2. The summed E-state index contributed by atoms with van der Waals surface area (Å²) < 4.78 is 5.11. The van der Waals surface area contributed by atoms with E-state index in [9.17, 15) is 9.59 Å². The van der Waals surface area contributed by atoms with E-state index in [0.29, 0.717) is 56.6 Å². The number of hydrogen-bond donors (Lipinski definition) is 0. The predicted molar refractivity (Wildman–Crippen MR) is 86.8 cm³/mol. The van der Waals surface area contributed by atoms with Crippen LogP contribution in [0.3, 0.4) is 0 Å². The third kappa shape index (κ3) is 3.29. The number of hydrogen-bond acceptors (Lipinski definition) is 7. The molecule has 1 aromatic rings. The number of ether oxygens (including phenoxy) is 1. The molecule has 1 aromatic heterocycles. The number of carbonyl (C=O) groups is 2. The molecule has 2 amide bonds. The Morgan fingerprint density at radius 1 is 1.21 bits per heavy atom. The molecule has 0 aromatic carbocycles. The van der Waals surface area contributed by atoms with E-state index < -0.39 is 0 Å². The Morgan fingerprint density at radius 3 is 2.62 bits per heavy atom. The van der Waals surface area contributed by atoms with E-state index in [4.69, 9.17) is 4.74 Å². The molecule has 24 heavy (non-hydrogen) atoms. The number of methoxy groups -OCH3 is 1. The maximum absolute atomic E-state index is 12.5. The summed E-state index contributed by atoms with van der Waals surface area (Å²) in [6.45, 7) is 2.41. The van der Waals surface area contributed by atoms with Crippen LogP contribution in [0.25, 0.3) is 0 Å². The Hall–Kier alpha value is -2.71. The molecule has 9 heteroatoms. The molecule has 0 aliphatic carbocycles. The fraction of sp³-hybridized carbons (Fsp3) is 0.533. The Morgan fingerprint density at radius 2 is 1.96 bits per heavy atom. The maximum Gasteiger partial charge on any atom is 0.270 e. The van der Waals surface area contributed by atoms with Crippen molar-refractivity contribution >= 4 is 23.5 Å². The van der Waals surface area contributed by atoms with Crippen molar-refractivity contribution in [3.63, 3.8) is 0 Å². The molecular formula is C15H20N6O3. The molecule has 9 nitrogen and oxygen atoms in total. The van der Waals surface area contributed by atoms with Gasteiger partial charge in [0, 0.05) is 58.3 Å². The lowest BCUT2D eigenvalue weighted by Crippen LogP contribution is -2.51. The zero-order valence-corrected chi connectivity index (χ0v) is 13.8. The number of hydrazone groups is 1. The zero-order chi connectivity index (χ0) is 17.1. The highest BCUT2D eigenvalue weighted by Gasteiger charge is 2.28. The largest absolute Gasteiger partial charge is 0.481 e. The molecule has 128 valence electrons. The molecule has 2 aliphatic rings. The first-order valence-electron chi connectivity index (χ1n) is 7.84. The number of nitrogens with zero attached hydrogens (tertiary/aromatic N) is 6. The van der Waals surface area contributed by atoms with Gasteiger partial charge in [-0.05, 0) is 0 Å². The zero-order valence-electron chi connectivity index (χ0n) is 13.8. The van der Waals surface area contributed by atoms with Crippen molar-refractivity contribution in [1.82, 2.24) is 19.9 Å². The van der Waals surface area contributed by atoms with E-state index in [1.807, 2.05) is 4.90 Å². The quantitative estimate of drug-likeness (QED) is 0.757. The van der Waals surface area contributed by atoms with Gasteiger partial charge >= 0.3 is 0 Å². The van der Waals surface area contributed by atoms with Gasteiger partial charge in [0.1, 0.15) is 5.71 Å². The Bertz CT molecular complexity index is 669. The third-order valence-electron chi connectivity index (χ3n) is 4.13. The SMILES string of the molecule is COc1ccnc(N2CCN(C(=O)C3=NN(C)C(=O)CC3)CC2)n1. The summed E-state index contributed by atoms with van der Waals surface area (Å²) in [7, 11) is 3.14. The minimum absolute atomic E-state index is 0.0634. The molecular weight excluding hydrogens is 312 g/mol. The molecule has 3 rings (SSSR count). The normalized spacial score (nSPS) is 18.5. The van der Waals surface area contributed by atoms with Crippen LogP contribution in [-0.2, 0) is 9.59 Å². The van der Waals surface area contributed by atoms with Gasteiger partial charge in [-0.2, -0.15) is 10.1 Å². The van der Waals surface area contributed by atoms with Crippen LogP contribution < -0.4 is 9.64 Å². The average molecular weight is 332 g/mol. The highest BCUT2D eigenvalue weighted by Crippen LogP contribution is 2.16. The molecule has 3 heterocycles. The monoisotopic (exact) mass is 332 g/mol. The van der Waals surface area contributed by atoms with Crippen LogP contribution in [0, 0.1) is 0 Å². The van der Waals surface area contributed by atoms with E-state index in [2.05, 4.69) is 15.1 Å². The minimum Gasteiger partial charge on any atom is -0.481 e. The summed E-state index contributed by atoms with van der Waals surface area (Å²) in [4.78, 5) is 36.3. The van der Waals surface area contributed by atoms with E-state index in [0.717, 1.165) is 0 Å². The van der Waals surface area contributed by atoms with Gasteiger partial charge in [-0.3, -0.25) is 9.59 Å². The molecule has 0 saturated carbocycles. The number of anilines is 1. The van der Waals surface area contributed by atoms with Crippen molar-refractivity contribution < 1.29 is 14.3 Å². The number of rotatable bonds is 3. The highest BCUT2D eigenvalue weighted by molar-refractivity contribution is 6.39. The van der Waals surface area contributed by atoms with Crippen molar-refractivity contribution in [2.24, 2.45) is 5.10 Å². The van der Waals surface area contributed by atoms with E-state index >= 15 is 0 Å². The molecule has 0 atom stereocenters. The summed E-state index contributed by atoms with van der Waals surface area (Å²) in [6.07, 6.45) is 2.39. The Labute approximate surface area is 139 Å². The van der Waals surface area contributed by atoms with Gasteiger partial charge in [-0.1, -0.05) is 0 Å². The van der Waals surface area contributed by atoms with Gasteiger partial charge in [0.2, 0.25) is 17.7 Å². The van der Waals surface area contributed by atoms with Crippen LogP contribution in [0.15, 0.2) is 17.4 Å². The van der Waals surface area contributed by atoms with Crippen molar-refractivity contribution in [3.8, 4) is 5.88 Å². The van der Waals surface area contributed by atoms with E-state index in [1.165, 1.54) is 5.01 Å². The van der Waals surface area contributed by atoms with E-state index in [-0.39, 0.29) is 11.8 Å². The fourth-order valence-electron chi connectivity index (χ4n) is 2.71. The van der Waals surface area contributed by atoms with Crippen LogP contribution in [0.4, 0.5) is 5.95 Å². The molecule has 0 bridgehead atoms. The van der Waals surface area contributed by atoms with Gasteiger partial charge in [0.05, 0.1) is 7.11 Å². The minimum atomic E-state index is -0.0967. The van der Waals surface area contributed by atoms with Crippen LogP contribution in [0.5, 0.6) is 5.88 Å². The second-order valence-electron chi connectivity index (χ2n) is 5.64. The summed E-state index contributed by atoms with van der Waals surface area (Å²) in [6, 6.07) is 1.70. The second kappa shape index (κ2) is 6.81. The number of piperazine rings is 1. The molecule has 2 aliphatic heterocycles. The number of aromatic nitrogens is 2. The van der Waals surface area contributed by atoms with Gasteiger partial charge < -0.3 is 14.5 Å². The predicted octanol–water partition coefficient (Wildman–Crippen LogP) is -0.258. The standard InChI is InChI=1S/C15H20N6O3/c1-19-13(22)4-3-11(18-19)14(23)20-7-9-21(10-8-20)15-16-6-5-12(17-15)24-2/h5-6H,3-4,7-10H2,1-2H3. The Balaban J connectivity index is 1.61. The van der Waals surface area contributed by atoms with Crippen LogP contribution in [0.2, 0.25) is 0 Å². The van der Waals surface area contributed by atoms with Crippen LogP contribution >= 0.6 is 0 Å². The average Bonchev–Trinajstić information content (AvgIpc) is 2.63. The summed E-state index contributed by atoms with van der Waals surface area (Å²) in [5, 5.41) is 5.34. The first-order valence-corrected chi connectivity index (χ1v) is 7.84. The van der Waals surface area contributed by atoms with Gasteiger partial charge in [-0.15, -0.1) is 0 Å². The molecule has 0 N–H and O–H groups in total. The third-order valence-corrected chi connectivity index (χ3v) is 4.13. The lowest BCUT2D eigenvalue weighted by molar-refractivity contribution is -0.130.